The molecule has 0 bridgehead atoms. The summed E-state index contributed by atoms with van der Waals surface area (Å²) < 4.78 is 0. The van der Waals surface area contributed by atoms with E-state index in [0.29, 0.717) is 18.8 Å². The highest BCUT2D eigenvalue weighted by Gasteiger charge is 2.28. The largest absolute Gasteiger partial charge is 0.335 e. The van der Waals surface area contributed by atoms with Crippen LogP contribution >= 0.6 is 0 Å². The lowest BCUT2D eigenvalue weighted by Crippen LogP contribution is -2.44. The summed E-state index contributed by atoms with van der Waals surface area (Å²) in [6.45, 7) is 19.7. The van der Waals surface area contributed by atoms with E-state index in [9.17, 15) is 14.4 Å². The SMILES string of the molecule is C=CC(=O)[C@H](/C=C\C(=O)[C@H](CC(C)C)N(C)C(=O)[C@@H](C)C=C)Cc1ccc(C(=C)CC2C=C(CCC)C2)cc1. The van der Waals surface area contributed by atoms with Gasteiger partial charge in [0.1, 0.15) is 0 Å². The van der Waals surface area contributed by atoms with Crippen LogP contribution in [0.1, 0.15) is 70.9 Å². The number of benzene rings is 1. The van der Waals surface area contributed by atoms with Crippen molar-refractivity contribution in [1.29, 1.82) is 0 Å². The van der Waals surface area contributed by atoms with E-state index in [1.165, 1.54) is 36.3 Å². The molecule has 0 spiro atoms. The minimum atomic E-state index is -0.593. The summed E-state index contributed by atoms with van der Waals surface area (Å²) in [6, 6.07) is 7.60. The molecule has 0 heterocycles. The van der Waals surface area contributed by atoms with Crippen LogP contribution in [0.4, 0.5) is 0 Å². The van der Waals surface area contributed by atoms with Crippen molar-refractivity contribution in [3.63, 3.8) is 0 Å². The van der Waals surface area contributed by atoms with Crippen LogP contribution in [0.3, 0.4) is 0 Å². The molecule has 1 aliphatic rings. The van der Waals surface area contributed by atoms with Gasteiger partial charge in [-0.1, -0.05) is 95.3 Å². The maximum absolute atomic E-state index is 13.2. The Morgan fingerprint density at radius 3 is 2.26 bits per heavy atom. The molecule has 1 unspecified atom stereocenters. The second-order valence-electron chi connectivity index (χ2n) is 11.3. The Hall–Kier alpha value is -3.27. The van der Waals surface area contributed by atoms with Crippen molar-refractivity contribution in [3.8, 4) is 0 Å². The van der Waals surface area contributed by atoms with Crippen LogP contribution in [-0.4, -0.2) is 35.5 Å². The Balaban J connectivity index is 2.11. The second-order valence-corrected chi connectivity index (χ2v) is 11.3. The van der Waals surface area contributed by atoms with Crippen LogP contribution in [0.15, 0.2) is 80.0 Å². The number of carbonyl (C=O) groups excluding carboxylic acids is 3. The first kappa shape index (κ1) is 31.9. The van der Waals surface area contributed by atoms with E-state index in [2.05, 4.69) is 44.9 Å². The minimum absolute atomic E-state index is 0.141. The Morgan fingerprint density at radius 2 is 1.72 bits per heavy atom. The fourth-order valence-corrected chi connectivity index (χ4v) is 5.06. The van der Waals surface area contributed by atoms with Gasteiger partial charge in [-0.2, -0.15) is 0 Å². The van der Waals surface area contributed by atoms with E-state index in [4.69, 9.17) is 0 Å². The van der Waals surface area contributed by atoms with E-state index >= 15 is 0 Å². The van der Waals surface area contributed by atoms with Gasteiger partial charge in [0, 0.05) is 13.0 Å². The van der Waals surface area contributed by atoms with Gasteiger partial charge in [-0.3, -0.25) is 14.4 Å². The number of ketones is 2. The summed E-state index contributed by atoms with van der Waals surface area (Å²) in [4.78, 5) is 40.2. The second kappa shape index (κ2) is 15.4. The third kappa shape index (κ3) is 9.45. The van der Waals surface area contributed by atoms with Gasteiger partial charge in [0.2, 0.25) is 5.91 Å². The predicted octanol–water partition coefficient (Wildman–Crippen LogP) is 7.57. The molecule has 0 saturated heterocycles. The first-order valence-corrected chi connectivity index (χ1v) is 14.2. The lowest BCUT2D eigenvalue weighted by Gasteiger charge is -2.29. The van der Waals surface area contributed by atoms with E-state index < -0.39 is 12.0 Å². The van der Waals surface area contributed by atoms with Gasteiger partial charge in [0.25, 0.3) is 0 Å². The number of nitrogens with zero attached hydrogens (tertiary/aromatic N) is 1. The van der Waals surface area contributed by atoms with Crippen molar-refractivity contribution in [3.05, 3.63) is 91.1 Å². The Morgan fingerprint density at radius 1 is 1.08 bits per heavy atom. The zero-order chi connectivity index (χ0) is 29.1. The highest BCUT2D eigenvalue weighted by molar-refractivity contribution is 5.99. The van der Waals surface area contributed by atoms with Gasteiger partial charge in [0.15, 0.2) is 11.6 Å². The highest BCUT2D eigenvalue weighted by Crippen LogP contribution is 2.35. The molecule has 2 rings (SSSR count). The summed E-state index contributed by atoms with van der Waals surface area (Å²) in [6.07, 6.45) is 14.0. The number of hydrogen-bond donors (Lipinski definition) is 0. The Labute approximate surface area is 236 Å². The lowest BCUT2D eigenvalue weighted by atomic mass is 9.79. The fourth-order valence-electron chi connectivity index (χ4n) is 5.06. The summed E-state index contributed by atoms with van der Waals surface area (Å²) in [5.74, 6) is -0.546. The predicted molar refractivity (Wildman–Crippen MR) is 163 cm³/mol. The van der Waals surface area contributed by atoms with Crippen molar-refractivity contribution in [2.75, 3.05) is 7.05 Å². The average molecular weight is 530 g/mol. The number of carbonyl (C=O) groups is 3. The molecular weight excluding hydrogens is 482 g/mol. The smallest absolute Gasteiger partial charge is 0.229 e. The number of likely N-dealkylation sites (N-methyl/N-ethyl adjacent to an activating group) is 1. The molecule has 1 aromatic rings. The first-order valence-electron chi connectivity index (χ1n) is 14.2. The van der Waals surface area contributed by atoms with Gasteiger partial charge in [-0.15, -0.1) is 6.58 Å². The quantitative estimate of drug-likeness (QED) is 0.154. The molecule has 4 atom stereocenters. The summed E-state index contributed by atoms with van der Waals surface area (Å²) in [5.41, 5.74) is 4.81. The van der Waals surface area contributed by atoms with E-state index in [0.717, 1.165) is 23.1 Å². The number of amides is 1. The normalized spacial score (nSPS) is 17.1. The van der Waals surface area contributed by atoms with Crippen LogP contribution in [0, 0.1) is 23.7 Å². The van der Waals surface area contributed by atoms with Crippen LogP contribution in [0.5, 0.6) is 0 Å². The Bertz CT molecular complexity index is 1110. The van der Waals surface area contributed by atoms with Gasteiger partial charge in [-0.05, 0) is 72.8 Å². The topological polar surface area (TPSA) is 54.5 Å². The molecule has 0 saturated carbocycles. The molecule has 1 aromatic carbocycles. The third-order valence-electron chi connectivity index (χ3n) is 7.53. The molecule has 0 aliphatic heterocycles. The molecule has 1 amide bonds. The summed E-state index contributed by atoms with van der Waals surface area (Å²) >= 11 is 0. The number of allylic oxidation sites excluding steroid dienone is 5. The first-order chi connectivity index (χ1) is 18.5. The number of rotatable bonds is 17. The molecule has 0 radical (unpaired) electrons. The van der Waals surface area contributed by atoms with Gasteiger partial charge in [0.05, 0.1) is 12.0 Å². The zero-order valence-electron chi connectivity index (χ0n) is 24.6. The standard InChI is InChI=1S/C35H47NO3/c1-9-12-28-21-29(22-28)20-26(7)30-15-13-27(14-16-30)23-31(33(37)11-3)17-18-34(38)32(19-24(4)5)36(8)35(39)25(6)10-2/h10-11,13-18,21,24-25,29,31-32H,2-3,7,9,12,19-20,22-23H2,1,4-6,8H3/b18-17-/t25-,29?,31+,32-/m0/s1. The van der Waals surface area contributed by atoms with Crippen LogP contribution in [0.25, 0.3) is 5.57 Å². The third-order valence-corrected chi connectivity index (χ3v) is 7.53. The van der Waals surface area contributed by atoms with Gasteiger partial charge in [-0.25, -0.2) is 0 Å². The molecule has 4 heteroatoms. The lowest BCUT2D eigenvalue weighted by molar-refractivity contribution is -0.138. The molecule has 4 nitrogen and oxygen atoms in total. The molecule has 0 aromatic heterocycles. The van der Waals surface area contributed by atoms with E-state index in [-0.39, 0.29) is 29.3 Å². The maximum atomic E-state index is 13.2. The summed E-state index contributed by atoms with van der Waals surface area (Å²) in [5, 5.41) is 0. The van der Waals surface area contributed by atoms with E-state index in [1.807, 2.05) is 26.0 Å². The molecule has 39 heavy (non-hydrogen) atoms. The van der Waals surface area contributed by atoms with Crippen molar-refractivity contribution < 1.29 is 14.4 Å². The molecule has 1 aliphatic carbocycles. The average Bonchev–Trinajstić information content (AvgIpc) is 2.90. The van der Waals surface area contributed by atoms with Crippen molar-refractivity contribution in [2.45, 2.75) is 72.3 Å². The van der Waals surface area contributed by atoms with Crippen molar-refractivity contribution in [1.82, 2.24) is 4.90 Å². The fraction of sp³-hybridized carbons (Fsp3) is 0.457. The van der Waals surface area contributed by atoms with Crippen molar-refractivity contribution in [2.24, 2.45) is 23.7 Å². The molecule has 210 valence electrons. The monoisotopic (exact) mass is 529 g/mol. The maximum Gasteiger partial charge on any atom is 0.229 e. The van der Waals surface area contributed by atoms with Crippen LogP contribution in [-0.2, 0) is 20.8 Å². The van der Waals surface area contributed by atoms with Gasteiger partial charge >= 0.3 is 0 Å². The van der Waals surface area contributed by atoms with Crippen LogP contribution in [0.2, 0.25) is 0 Å². The summed E-state index contributed by atoms with van der Waals surface area (Å²) in [7, 11) is 1.66. The molecular formula is C35H47NO3. The number of hydrogen-bond acceptors (Lipinski definition) is 3. The highest BCUT2D eigenvalue weighted by atomic mass is 16.2. The van der Waals surface area contributed by atoms with Crippen molar-refractivity contribution >= 4 is 23.0 Å². The minimum Gasteiger partial charge on any atom is -0.335 e. The zero-order valence-corrected chi connectivity index (χ0v) is 24.6. The van der Waals surface area contributed by atoms with Gasteiger partial charge < -0.3 is 4.90 Å². The van der Waals surface area contributed by atoms with E-state index in [1.54, 1.807) is 31.7 Å². The molecule has 0 N–H and O–H groups in total. The molecule has 0 fully saturated rings. The van der Waals surface area contributed by atoms with Crippen LogP contribution < -0.4 is 0 Å². The Kier molecular flexibility index (Phi) is 12.6.